The second kappa shape index (κ2) is 33.7. The number of ether oxygens (including phenoxy) is 10. The monoisotopic (exact) mass is 1340 g/mol. The Bertz CT molecular complexity index is 3370. The average Bonchev–Trinajstić information content (AvgIpc) is 1.65. The number of carboxylic acid groups (broad SMARTS) is 1. The van der Waals surface area contributed by atoms with E-state index in [1.165, 1.54) is 36.2 Å². The molecule has 0 radical (unpaired) electrons. The third-order valence-corrected chi connectivity index (χ3v) is 18.8. The zero-order chi connectivity index (χ0) is 67.0. The smallest absolute Gasteiger partial charge is 0.416 e. The van der Waals surface area contributed by atoms with Crippen LogP contribution in [0.2, 0.25) is 0 Å². The number of phenols is 1. The maximum Gasteiger partial charge on any atom is 0.416 e. The van der Waals surface area contributed by atoms with Crippen molar-refractivity contribution in [3.8, 4) is 28.7 Å². The molecule has 4 fully saturated rings. The Kier molecular flexibility index (Phi) is 24.8. The molecule has 7 aliphatic rings. The molecule has 7 heterocycles. The number of hydrogen-bond acceptors (Lipinski definition) is 17. The lowest BCUT2D eigenvalue weighted by Gasteiger charge is -2.42. The Morgan fingerprint density at radius 1 is 0.611 bits per heavy atom. The van der Waals surface area contributed by atoms with Crippen LogP contribution in [0.1, 0.15) is 161 Å². The predicted molar refractivity (Wildman–Crippen MR) is 355 cm³/mol. The van der Waals surface area contributed by atoms with Crippen LogP contribution >= 0.6 is 11.6 Å². The predicted octanol–water partition coefficient (Wildman–Crippen LogP) is 12.6. The number of carbonyl (C=O) groups excluding carboxylic acids is 5. The van der Waals surface area contributed by atoms with E-state index in [1.54, 1.807) is 45.0 Å². The third kappa shape index (κ3) is 16.4. The van der Waals surface area contributed by atoms with E-state index in [1.807, 2.05) is 24.3 Å². The number of benzene rings is 4. The van der Waals surface area contributed by atoms with Gasteiger partial charge >= 0.3 is 18.2 Å². The fourth-order valence-electron chi connectivity index (χ4n) is 13.8. The van der Waals surface area contributed by atoms with Gasteiger partial charge < -0.3 is 72.3 Å². The number of nitrogens with zero attached hydrogens (tertiary/aromatic N) is 5. The Morgan fingerprint density at radius 2 is 1.11 bits per heavy atom. The molecule has 0 bridgehead atoms. The van der Waals surface area contributed by atoms with Crippen molar-refractivity contribution in [2.75, 3.05) is 94.1 Å². The van der Waals surface area contributed by atoms with Gasteiger partial charge in [0.15, 0.2) is 48.0 Å². The standard InChI is InChI=1S/C42H50ClN3O9.C29H40N2O9/c1-3-19-54-42(50)46-32-24-36(35(51-2)22-30(32)40(49)44-18-10-8-15-31(44)41(46)55-38-17-9-12-21-53-38)52-20-11-4-5-16-37(48)45-26-27(25-43)39-29-14-7-6-13-28(29)34(47)23-33(39)45;1-3-15-39-29(35)31-22-19-24(37-16-9-4-5-12-25(32)33)23(36-2)18-20(22)27(34)30-14-8-6-11-21(30)28(31)40-26-13-7-10-17-38-26/h3,6-7,13-14,22-24,27,31,38,41,47H,1,4-5,8-12,15-21,25-26H2,2H3;3,18-19,21,26,28H,1,4-17H2,2H3,(H,32,33)/t27-,31+,38?,41?;21-,26?,28?/m10/s1. The van der Waals surface area contributed by atoms with E-state index in [0.29, 0.717) is 168 Å². The van der Waals surface area contributed by atoms with Crippen LogP contribution in [0.15, 0.2) is 79.9 Å². The molecule has 4 aromatic carbocycles. The lowest BCUT2D eigenvalue weighted by molar-refractivity contribution is -0.199. The number of carboxylic acids is 1. The Labute approximate surface area is 559 Å². The first kappa shape index (κ1) is 70.0. The van der Waals surface area contributed by atoms with Gasteiger partial charge in [-0.2, -0.15) is 0 Å². The number of phenolic OH excluding ortho intramolecular Hbond substituents is 1. The van der Waals surface area contributed by atoms with Gasteiger partial charge in [-0.3, -0.25) is 19.2 Å². The molecule has 95 heavy (non-hydrogen) atoms. The van der Waals surface area contributed by atoms with Crippen molar-refractivity contribution >= 4 is 75.3 Å². The maximum atomic E-state index is 14.2. The summed E-state index contributed by atoms with van der Waals surface area (Å²) >= 11 is 6.37. The largest absolute Gasteiger partial charge is 0.507 e. The van der Waals surface area contributed by atoms with Gasteiger partial charge in [0.25, 0.3) is 11.8 Å². The molecular formula is C71H90ClN5O18. The normalized spacial score (nSPS) is 22.3. The summed E-state index contributed by atoms with van der Waals surface area (Å²) in [6.07, 6.45) is 13.2. The lowest BCUT2D eigenvalue weighted by atomic mass is 9.95. The van der Waals surface area contributed by atoms with Crippen molar-refractivity contribution < 1.29 is 86.3 Å². The minimum absolute atomic E-state index is 0.00447. The van der Waals surface area contributed by atoms with E-state index >= 15 is 0 Å². The Balaban J connectivity index is 0.000000218. The summed E-state index contributed by atoms with van der Waals surface area (Å²) in [5.41, 5.74) is 2.95. The van der Waals surface area contributed by atoms with Crippen molar-refractivity contribution in [2.24, 2.45) is 0 Å². The van der Waals surface area contributed by atoms with Gasteiger partial charge in [-0.25, -0.2) is 19.4 Å². The van der Waals surface area contributed by atoms with Crippen LogP contribution in [-0.4, -0.2) is 172 Å². The van der Waals surface area contributed by atoms with Gasteiger partial charge in [-0.1, -0.05) is 49.6 Å². The summed E-state index contributed by atoms with van der Waals surface area (Å²) in [4.78, 5) is 88.2. The number of amides is 5. The number of methoxy groups -OCH3 is 2. The van der Waals surface area contributed by atoms with Crippen LogP contribution < -0.4 is 33.6 Å². The Hall–Kier alpha value is -7.83. The number of aliphatic carboxylic acids is 1. The van der Waals surface area contributed by atoms with Gasteiger partial charge in [0, 0.05) is 81.1 Å². The summed E-state index contributed by atoms with van der Waals surface area (Å²) < 4.78 is 59.7. The number of carbonyl (C=O) groups is 6. The van der Waals surface area contributed by atoms with Gasteiger partial charge in [0.1, 0.15) is 19.0 Å². The fraction of sp³-hybridized carbons (Fsp3) is 0.549. The van der Waals surface area contributed by atoms with E-state index in [2.05, 4.69) is 13.2 Å². The molecule has 4 unspecified atom stereocenters. The van der Waals surface area contributed by atoms with E-state index in [0.717, 1.165) is 73.4 Å². The van der Waals surface area contributed by atoms with Crippen LogP contribution in [0, 0.1) is 0 Å². The molecule has 2 N–H and O–H groups in total. The molecule has 0 spiro atoms. The molecule has 7 aliphatic heterocycles. The summed E-state index contributed by atoms with van der Waals surface area (Å²) in [6.45, 7) is 10.6. The maximum absolute atomic E-state index is 14.2. The summed E-state index contributed by atoms with van der Waals surface area (Å²) in [5, 5.41) is 21.3. The van der Waals surface area contributed by atoms with Crippen molar-refractivity contribution in [3.05, 3.63) is 96.6 Å². The fourth-order valence-corrected chi connectivity index (χ4v) is 14.0. The van der Waals surface area contributed by atoms with Crippen LogP contribution in [0.5, 0.6) is 28.7 Å². The minimum Gasteiger partial charge on any atom is -0.507 e. The van der Waals surface area contributed by atoms with Crippen molar-refractivity contribution in [1.82, 2.24) is 9.80 Å². The second-order valence-corrected chi connectivity index (χ2v) is 25.0. The van der Waals surface area contributed by atoms with Crippen molar-refractivity contribution in [2.45, 2.75) is 171 Å². The number of hydrogen-bond donors (Lipinski definition) is 2. The van der Waals surface area contributed by atoms with Crippen LogP contribution in [0.25, 0.3) is 10.8 Å². The van der Waals surface area contributed by atoms with Crippen molar-refractivity contribution in [1.29, 1.82) is 0 Å². The lowest BCUT2D eigenvalue weighted by Crippen LogP contribution is -2.57. The average molecular weight is 1340 g/mol. The summed E-state index contributed by atoms with van der Waals surface area (Å²) in [5.74, 6) is 0.683. The quantitative estimate of drug-likeness (QED) is 0.0355. The number of unbranched alkanes of at least 4 members (excludes halogenated alkanes) is 4. The van der Waals surface area contributed by atoms with E-state index in [-0.39, 0.29) is 55.1 Å². The number of halogens is 1. The first-order chi connectivity index (χ1) is 46.3. The number of rotatable bonds is 25. The van der Waals surface area contributed by atoms with Crippen LogP contribution in [-0.2, 0) is 38.0 Å². The number of piperidine rings is 2. The summed E-state index contributed by atoms with van der Waals surface area (Å²) in [7, 11) is 3.01. The molecule has 0 saturated carbocycles. The highest BCUT2D eigenvalue weighted by atomic mass is 35.5. The van der Waals surface area contributed by atoms with Gasteiger partial charge in [-0.05, 0) is 139 Å². The molecule has 4 saturated heterocycles. The molecule has 24 heteroatoms. The molecule has 514 valence electrons. The Morgan fingerprint density at radius 3 is 1.57 bits per heavy atom. The van der Waals surface area contributed by atoms with Gasteiger partial charge in [-0.15, -0.1) is 11.6 Å². The summed E-state index contributed by atoms with van der Waals surface area (Å²) in [6, 6.07) is 15.1. The van der Waals surface area contributed by atoms with Gasteiger partial charge in [0.05, 0.1) is 67.7 Å². The number of alkyl halides is 1. The topological polar surface area (TPSA) is 251 Å². The highest BCUT2D eigenvalue weighted by Crippen LogP contribution is 2.47. The number of anilines is 3. The van der Waals surface area contributed by atoms with Gasteiger partial charge in [0.2, 0.25) is 5.91 Å². The number of fused-ring (bicyclic) bond motifs is 7. The molecule has 23 nitrogen and oxygen atoms in total. The SMILES string of the molecule is C=CCOC(=O)N1c2cc(OCCCCCC(=O)N3C[C@@H](CCl)c4c3cc(O)c3ccccc43)c(OC)cc2C(=O)N2CCCC[C@H]2C1OC1CCCCO1.C=CCOC(=O)N1c2cc(OCCCCCC(=O)O)c(OC)cc2C(=O)N2CCCC[C@H]2C1OC1CCCCO1. The molecule has 5 amide bonds. The van der Waals surface area contributed by atoms with Crippen molar-refractivity contribution in [3.63, 3.8) is 0 Å². The highest BCUT2D eigenvalue weighted by Gasteiger charge is 2.49. The highest BCUT2D eigenvalue weighted by molar-refractivity contribution is 6.19. The van der Waals surface area contributed by atoms with Crippen LogP contribution in [0.4, 0.5) is 26.7 Å². The van der Waals surface area contributed by atoms with Crippen LogP contribution in [0.3, 0.4) is 0 Å². The molecular weight excluding hydrogens is 1250 g/mol. The first-order valence-electron chi connectivity index (χ1n) is 33.6. The zero-order valence-electron chi connectivity index (χ0n) is 54.6. The number of aromatic hydroxyl groups is 1. The molecule has 4 aromatic rings. The first-order valence-corrected chi connectivity index (χ1v) is 34.1. The second-order valence-electron chi connectivity index (χ2n) is 24.7. The minimum atomic E-state index is -0.852. The molecule has 7 atom stereocenters. The van der Waals surface area contributed by atoms with E-state index in [4.69, 9.17) is 64.1 Å². The van der Waals surface area contributed by atoms with E-state index in [9.17, 15) is 33.9 Å². The molecule has 11 rings (SSSR count). The molecule has 0 aromatic heterocycles. The van der Waals surface area contributed by atoms with E-state index < -0.39 is 49.2 Å². The molecule has 0 aliphatic carbocycles. The zero-order valence-corrected chi connectivity index (χ0v) is 55.3. The third-order valence-electron chi connectivity index (χ3n) is 18.4.